The number of alkyl halides is 1. The minimum Gasteiger partial charge on any atom is -0.396 e. The largest absolute Gasteiger partial charge is 0.396 e. The number of aliphatic hydroxyl groups is 1. The smallest absolute Gasteiger partial charge is 0.0431 e. The molecule has 2 heteroatoms. The number of unbranched alkanes of at least 4 members (excludes halogenated alkanes) is 4. The second kappa shape index (κ2) is 9.34. The van der Waals surface area contributed by atoms with Crippen molar-refractivity contribution in [2.75, 3.05) is 12.5 Å². The van der Waals surface area contributed by atoms with Crippen molar-refractivity contribution in [3.05, 3.63) is 0 Å². The average molecular weight is 193 g/mol. The Labute approximate surface area is 81.1 Å². The molecule has 0 unspecified atom stereocenters. The molecule has 0 saturated carbocycles. The lowest BCUT2D eigenvalue weighted by atomic mass is 10.0. The monoisotopic (exact) mass is 192 g/mol. The van der Waals surface area contributed by atoms with Crippen LogP contribution >= 0.6 is 11.6 Å². The van der Waals surface area contributed by atoms with Crippen LogP contribution in [0.4, 0.5) is 0 Å². The molecular formula is C10H21ClO. The molecule has 74 valence electrons. The van der Waals surface area contributed by atoms with E-state index >= 15 is 0 Å². The molecule has 0 aliphatic heterocycles. The molecule has 0 fully saturated rings. The molecule has 0 aliphatic carbocycles. The van der Waals surface area contributed by atoms with E-state index in [1.165, 1.54) is 32.1 Å². The second-order valence-corrected chi connectivity index (χ2v) is 3.85. The third-order valence-corrected chi connectivity index (χ3v) is 2.65. The highest BCUT2D eigenvalue weighted by atomic mass is 35.5. The van der Waals surface area contributed by atoms with Crippen LogP contribution in [0.1, 0.15) is 45.4 Å². The first-order chi connectivity index (χ1) is 5.81. The quantitative estimate of drug-likeness (QED) is 0.463. The van der Waals surface area contributed by atoms with Crippen molar-refractivity contribution in [2.24, 2.45) is 5.92 Å². The Morgan fingerprint density at radius 2 is 1.67 bits per heavy atom. The zero-order valence-corrected chi connectivity index (χ0v) is 8.82. The van der Waals surface area contributed by atoms with Gasteiger partial charge in [-0.2, -0.15) is 0 Å². The Morgan fingerprint density at radius 3 is 2.25 bits per heavy atom. The third-order valence-electron chi connectivity index (χ3n) is 2.12. The van der Waals surface area contributed by atoms with Crippen LogP contribution in [0.5, 0.6) is 0 Å². The first-order valence-electron chi connectivity index (χ1n) is 4.98. The van der Waals surface area contributed by atoms with Gasteiger partial charge in [-0.1, -0.05) is 32.6 Å². The predicted octanol–water partition coefficient (Wildman–Crippen LogP) is 3.19. The van der Waals surface area contributed by atoms with Crippen LogP contribution in [-0.2, 0) is 0 Å². The standard InChI is InChI=1S/C10H21ClO/c1-10(9-11)7-5-3-2-4-6-8-12/h10,12H,2-9H2,1H3/t10-/m0/s1. The molecular weight excluding hydrogens is 172 g/mol. The van der Waals surface area contributed by atoms with Crippen molar-refractivity contribution >= 4 is 11.6 Å². The molecule has 0 rings (SSSR count). The van der Waals surface area contributed by atoms with Crippen molar-refractivity contribution in [3.63, 3.8) is 0 Å². The Hall–Kier alpha value is 0.250. The number of hydrogen-bond donors (Lipinski definition) is 1. The van der Waals surface area contributed by atoms with Crippen molar-refractivity contribution in [3.8, 4) is 0 Å². The number of rotatable bonds is 8. The maximum atomic E-state index is 8.53. The van der Waals surface area contributed by atoms with Crippen LogP contribution < -0.4 is 0 Å². The van der Waals surface area contributed by atoms with E-state index in [0.717, 1.165) is 12.3 Å². The van der Waals surface area contributed by atoms with Gasteiger partial charge < -0.3 is 5.11 Å². The van der Waals surface area contributed by atoms with Gasteiger partial charge in [0.15, 0.2) is 0 Å². The van der Waals surface area contributed by atoms with Gasteiger partial charge in [-0.3, -0.25) is 0 Å². The van der Waals surface area contributed by atoms with Crippen molar-refractivity contribution in [2.45, 2.75) is 45.4 Å². The molecule has 12 heavy (non-hydrogen) atoms. The summed E-state index contributed by atoms with van der Waals surface area (Å²) in [6.45, 7) is 2.54. The summed E-state index contributed by atoms with van der Waals surface area (Å²) in [4.78, 5) is 0. The van der Waals surface area contributed by atoms with Gasteiger partial charge in [-0.25, -0.2) is 0 Å². The second-order valence-electron chi connectivity index (χ2n) is 3.54. The minimum atomic E-state index is 0.345. The van der Waals surface area contributed by atoms with Gasteiger partial charge in [0.1, 0.15) is 0 Å². The zero-order valence-electron chi connectivity index (χ0n) is 8.06. The van der Waals surface area contributed by atoms with E-state index < -0.39 is 0 Å². The lowest BCUT2D eigenvalue weighted by Gasteiger charge is -2.05. The topological polar surface area (TPSA) is 20.2 Å². The van der Waals surface area contributed by atoms with E-state index in [2.05, 4.69) is 6.92 Å². The first-order valence-corrected chi connectivity index (χ1v) is 5.51. The normalized spacial score (nSPS) is 13.2. The molecule has 0 aromatic rings. The molecule has 0 aromatic heterocycles. The summed E-state index contributed by atoms with van der Waals surface area (Å²) in [6, 6.07) is 0. The SMILES string of the molecule is C[C@H](CCl)CCCCCCCO. The molecule has 1 N–H and O–H groups in total. The fourth-order valence-corrected chi connectivity index (χ4v) is 1.37. The van der Waals surface area contributed by atoms with Gasteiger partial charge >= 0.3 is 0 Å². The lowest BCUT2D eigenvalue weighted by Crippen LogP contribution is -1.95. The summed E-state index contributed by atoms with van der Waals surface area (Å²) in [5, 5.41) is 8.53. The fraction of sp³-hybridized carbons (Fsp3) is 1.00. The average Bonchev–Trinajstić information content (AvgIpc) is 2.10. The Kier molecular flexibility index (Phi) is 9.53. The van der Waals surface area contributed by atoms with E-state index in [4.69, 9.17) is 16.7 Å². The molecule has 1 nitrogen and oxygen atoms in total. The van der Waals surface area contributed by atoms with Crippen LogP contribution in [0.15, 0.2) is 0 Å². The summed E-state index contributed by atoms with van der Waals surface area (Å²) in [5.74, 6) is 1.46. The molecule has 0 aliphatic rings. The van der Waals surface area contributed by atoms with Crippen LogP contribution in [0.25, 0.3) is 0 Å². The van der Waals surface area contributed by atoms with Crippen LogP contribution in [0.3, 0.4) is 0 Å². The maximum Gasteiger partial charge on any atom is 0.0431 e. The third kappa shape index (κ3) is 8.35. The Balaban J connectivity index is 2.90. The Bertz CT molecular complexity index is 85.9. The van der Waals surface area contributed by atoms with Gasteiger partial charge in [-0.15, -0.1) is 11.6 Å². The number of aliphatic hydroxyl groups excluding tert-OH is 1. The minimum absolute atomic E-state index is 0.345. The fourth-order valence-electron chi connectivity index (χ4n) is 1.21. The summed E-state index contributed by atoms with van der Waals surface area (Å²) in [5.41, 5.74) is 0. The lowest BCUT2D eigenvalue weighted by molar-refractivity contribution is 0.282. The van der Waals surface area contributed by atoms with Gasteiger partial charge in [0.25, 0.3) is 0 Å². The molecule has 0 amide bonds. The van der Waals surface area contributed by atoms with Gasteiger partial charge in [0.05, 0.1) is 0 Å². The van der Waals surface area contributed by atoms with E-state index in [-0.39, 0.29) is 0 Å². The summed E-state index contributed by atoms with van der Waals surface area (Å²) < 4.78 is 0. The van der Waals surface area contributed by atoms with Crippen molar-refractivity contribution in [1.82, 2.24) is 0 Å². The van der Waals surface area contributed by atoms with Gasteiger partial charge in [0, 0.05) is 12.5 Å². The first kappa shape index (κ1) is 12.2. The zero-order chi connectivity index (χ0) is 9.23. The Morgan fingerprint density at radius 1 is 1.08 bits per heavy atom. The van der Waals surface area contributed by atoms with E-state index in [0.29, 0.717) is 12.5 Å². The number of halogens is 1. The van der Waals surface area contributed by atoms with Crippen LogP contribution in [0, 0.1) is 5.92 Å². The highest BCUT2D eigenvalue weighted by Crippen LogP contribution is 2.11. The van der Waals surface area contributed by atoms with Crippen molar-refractivity contribution in [1.29, 1.82) is 0 Å². The van der Waals surface area contributed by atoms with Crippen molar-refractivity contribution < 1.29 is 5.11 Å². The highest BCUT2D eigenvalue weighted by molar-refractivity contribution is 6.18. The molecule has 0 saturated heterocycles. The van der Waals surface area contributed by atoms with Gasteiger partial charge in [-0.05, 0) is 18.8 Å². The maximum absolute atomic E-state index is 8.53. The summed E-state index contributed by atoms with van der Waals surface area (Å²) in [6.07, 6.45) is 7.23. The molecule has 0 spiro atoms. The summed E-state index contributed by atoms with van der Waals surface area (Å²) >= 11 is 5.68. The molecule has 1 atom stereocenters. The highest BCUT2D eigenvalue weighted by Gasteiger charge is 1.98. The summed E-state index contributed by atoms with van der Waals surface area (Å²) in [7, 11) is 0. The predicted molar refractivity (Wildman–Crippen MR) is 54.7 cm³/mol. The van der Waals surface area contributed by atoms with Gasteiger partial charge in [0.2, 0.25) is 0 Å². The van der Waals surface area contributed by atoms with E-state index in [1.807, 2.05) is 0 Å². The van der Waals surface area contributed by atoms with Crippen LogP contribution in [0.2, 0.25) is 0 Å². The van der Waals surface area contributed by atoms with E-state index in [1.54, 1.807) is 0 Å². The molecule has 0 radical (unpaired) electrons. The molecule has 0 heterocycles. The molecule has 0 bridgehead atoms. The molecule has 0 aromatic carbocycles. The van der Waals surface area contributed by atoms with Crippen LogP contribution in [-0.4, -0.2) is 17.6 Å². The number of hydrogen-bond acceptors (Lipinski definition) is 1. The van der Waals surface area contributed by atoms with E-state index in [9.17, 15) is 0 Å².